The van der Waals surface area contributed by atoms with E-state index in [0.29, 0.717) is 18.3 Å². The Kier molecular flexibility index (Phi) is 3.66. The minimum Gasteiger partial charge on any atom is -0.384 e. The second-order valence-corrected chi connectivity index (χ2v) is 7.42. The molecule has 0 radical (unpaired) electrons. The molecule has 0 spiro atoms. The van der Waals surface area contributed by atoms with Gasteiger partial charge in [0.15, 0.2) is 0 Å². The Bertz CT molecular complexity index is 569. The van der Waals surface area contributed by atoms with E-state index in [4.69, 9.17) is 5.73 Å². The summed E-state index contributed by atoms with van der Waals surface area (Å²) in [7, 11) is -3.47. The van der Waals surface area contributed by atoms with Crippen molar-refractivity contribution in [1.29, 1.82) is 0 Å². The van der Waals surface area contributed by atoms with Gasteiger partial charge in [0.25, 0.3) is 0 Å². The summed E-state index contributed by atoms with van der Waals surface area (Å²) >= 11 is 0. The first-order valence-electron chi connectivity index (χ1n) is 7.00. The molecule has 0 amide bonds. The Morgan fingerprint density at radius 1 is 1.35 bits per heavy atom. The molecule has 110 valence electrons. The highest BCUT2D eigenvalue weighted by molar-refractivity contribution is 7.89. The summed E-state index contributed by atoms with van der Waals surface area (Å²) in [4.78, 5) is 6.47. The van der Waals surface area contributed by atoms with E-state index in [1.165, 1.54) is 31.2 Å². The molecule has 0 aromatic carbocycles. The van der Waals surface area contributed by atoms with Crippen LogP contribution in [0, 0.1) is 5.92 Å². The number of likely N-dealkylation sites (tertiary alicyclic amines) is 1. The first kappa shape index (κ1) is 13.8. The quantitative estimate of drug-likeness (QED) is 0.822. The van der Waals surface area contributed by atoms with Gasteiger partial charge in [-0.1, -0.05) is 0 Å². The fourth-order valence-electron chi connectivity index (χ4n) is 2.66. The SMILES string of the molecule is Nc1ccc(S(=O)(=O)NCC2CCN(C3CC3)C2)cn1. The molecular weight excluding hydrogens is 276 g/mol. The smallest absolute Gasteiger partial charge is 0.242 e. The molecule has 2 aliphatic rings. The largest absolute Gasteiger partial charge is 0.384 e. The minimum absolute atomic E-state index is 0.170. The lowest BCUT2D eigenvalue weighted by Gasteiger charge is -2.15. The van der Waals surface area contributed by atoms with Crippen molar-refractivity contribution in [1.82, 2.24) is 14.6 Å². The van der Waals surface area contributed by atoms with Crippen LogP contribution in [0.2, 0.25) is 0 Å². The van der Waals surface area contributed by atoms with E-state index >= 15 is 0 Å². The molecule has 1 saturated heterocycles. The van der Waals surface area contributed by atoms with Gasteiger partial charge in [-0.2, -0.15) is 0 Å². The zero-order chi connectivity index (χ0) is 14.2. The third-order valence-electron chi connectivity index (χ3n) is 4.01. The third kappa shape index (κ3) is 3.11. The highest BCUT2D eigenvalue weighted by Gasteiger charge is 2.34. The van der Waals surface area contributed by atoms with Gasteiger partial charge >= 0.3 is 0 Å². The monoisotopic (exact) mass is 296 g/mol. The van der Waals surface area contributed by atoms with Crippen LogP contribution in [-0.2, 0) is 10.0 Å². The van der Waals surface area contributed by atoms with Gasteiger partial charge < -0.3 is 10.6 Å². The van der Waals surface area contributed by atoms with Crippen LogP contribution in [0.5, 0.6) is 0 Å². The number of nitrogen functional groups attached to an aromatic ring is 1. The number of hydrogen-bond donors (Lipinski definition) is 2. The van der Waals surface area contributed by atoms with Gasteiger partial charge in [0, 0.05) is 25.3 Å². The van der Waals surface area contributed by atoms with E-state index in [1.54, 1.807) is 0 Å². The van der Waals surface area contributed by atoms with Crippen LogP contribution in [0.4, 0.5) is 5.82 Å². The van der Waals surface area contributed by atoms with Crippen LogP contribution in [-0.4, -0.2) is 44.0 Å². The number of anilines is 1. The fourth-order valence-corrected chi connectivity index (χ4v) is 3.72. The third-order valence-corrected chi connectivity index (χ3v) is 5.42. The Morgan fingerprint density at radius 2 is 2.15 bits per heavy atom. The number of nitrogens with one attached hydrogen (secondary N) is 1. The molecule has 1 aromatic rings. The summed E-state index contributed by atoms with van der Waals surface area (Å²) in [5, 5.41) is 0. The summed E-state index contributed by atoms with van der Waals surface area (Å²) in [6.07, 6.45) is 4.97. The van der Waals surface area contributed by atoms with Gasteiger partial charge in [0.05, 0.1) is 0 Å². The van der Waals surface area contributed by atoms with E-state index in [2.05, 4.69) is 14.6 Å². The highest BCUT2D eigenvalue weighted by atomic mass is 32.2. The molecule has 1 aliphatic carbocycles. The molecule has 1 saturated carbocycles. The molecule has 1 unspecified atom stereocenters. The topological polar surface area (TPSA) is 88.3 Å². The molecule has 1 atom stereocenters. The lowest BCUT2D eigenvalue weighted by molar-refractivity contribution is 0.314. The van der Waals surface area contributed by atoms with Crippen LogP contribution >= 0.6 is 0 Å². The molecule has 7 heteroatoms. The van der Waals surface area contributed by atoms with Crippen molar-refractivity contribution in [2.75, 3.05) is 25.4 Å². The average Bonchev–Trinajstić information content (AvgIpc) is 3.16. The Balaban J connectivity index is 1.55. The second-order valence-electron chi connectivity index (χ2n) is 5.65. The van der Waals surface area contributed by atoms with E-state index in [-0.39, 0.29) is 4.90 Å². The molecule has 2 heterocycles. The van der Waals surface area contributed by atoms with Gasteiger partial charge in [-0.05, 0) is 43.9 Å². The van der Waals surface area contributed by atoms with Crippen molar-refractivity contribution in [2.24, 2.45) is 5.92 Å². The van der Waals surface area contributed by atoms with Gasteiger partial charge in [0.1, 0.15) is 10.7 Å². The van der Waals surface area contributed by atoms with Crippen LogP contribution < -0.4 is 10.5 Å². The zero-order valence-corrected chi connectivity index (χ0v) is 12.1. The molecule has 1 aliphatic heterocycles. The van der Waals surface area contributed by atoms with E-state index in [9.17, 15) is 8.42 Å². The highest BCUT2D eigenvalue weighted by Crippen LogP contribution is 2.31. The fraction of sp³-hybridized carbons (Fsp3) is 0.615. The number of hydrogen-bond acceptors (Lipinski definition) is 5. The van der Waals surface area contributed by atoms with Crippen molar-refractivity contribution in [3.05, 3.63) is 18.3 Å². The number of nitrogens with zero attached hydrogens (tertiary/aromatic N) is 2. The molecule has 0 bridgehead atoms. The van der Waals surface area contributed by atoms with Gasteiger partial charge in [0.2, 0.25) is 10.0 Å². The zero-order valence-electron chi connectivity index (χ0n) is 11.3. The predicted octanol–water partition coefficient (Wildman–Crippen LogP) is 0.426. The first-order valence-corrected chi connectivity index (χ1v) is 8.48. The van der Waals surface area contributed by atoms with Gasteiger partial charge in [-0.15, -0.1) is 0 Å². The number of aromatic nitrogens is 1. The lowest BCUT2D eigenvalue weighted by atomic mass is 10.1. The minimum atomic E-state index is -3.47. The number of sulfonamides is 1. The Hall–Kier alpha value is -1.18. The van der Waals surface area contributed by atoms with Gasteiger partial charge in [-0.3, -0.25) is 0 Å². The van der Waals surface area contributed by atoms with Crippen molar-refractivity contribution < 1.29 is 8.42 Å². The Morgan fingerprint density at radius 3 is 2.80 bits per heavy atom. The van der Waals surface area contributed by atoms with Crippen LogP contribution in [0.3, 0.4) is 0 Å². The predicted molar refractivity (Wildman–Crippen MR) is 76.5 cm³/mol. The molecule has 3 N–H and O–H groups in total. The molecule has 2 fully saturated rings. The van der Waals surface area contributed by atoms with Gasteiger partial charge in [-0.25, -0.2) is 18.1 Å². The number of rotatable bonds is 5. The van der Waals surface area contributed by atoms with Crippen molar-refractivity contribution in [3.63, 3.8) is 0 Å². The Labute approximate surface area is 119 Å². The summed E-state index contributed by atoms with van der Waals surface area (Å²) in [5.41, 5.74) is 5.46. The molecule has 6 nitrogen and oxygen atoms in total. The maximum Gasteiger partial charge on any atom is 0.242 e. The number of nitrogens with two attached hydrogens (primary N) is 1. The van der Waals surface area contributed by atoms with E-state index in [1.807, 2.05) is 0 Å². The number of pyridine rings is 1. The maximum atomic E-state index is 12.1. The van der Waals surface area contributed by atoms with E-state index < -0.39 is 10.0 Å². The van der Waals surface area contributed by atoms with Crippen LogP contribution in [0.25, 0.3) is 0 Å². The second kappa shape index (κ2) is 5.31. The first-order chi connectivity index (χ1) is 9.54. The summed E-state index contributed by atoms with van der Waals surface area (Å²) in [5.74, 6) is 0.729. The standard InChI is InChI=1S/C13H20N4O2S/c14-13-4-3-12(8-15-13)20(18,19)16-7-10-5-6-17(9-10)11-1-2-11/h3-4,8,10-11,16H,1-2,5-7,9H2,(H2,14,15). The normalized spacial score (nSPS) is 24.1. The van der Waals surface area contributed by atoms with Crippen molar-refractivity contribution in [2.45, 2.75) is 30.2 Å². The van der Waals surface area contributed by atoms with Crippen molar-refractivity contribution >= 4 is 15.8 Å². The van der Waals surface area contributed by atoms with Crippen molar-refractivity contribution in [3.8, 4) is 0 Å². The average molecular weight is 296 g/mol. The van der Waals surface area contributed by atoms with Crippen LogP contribution in [0.1, 0.15) is 19.3 Å². The summed E-state index contributed by atoms with van der Waals surface area (Å²) in [6.45, 7) is 2.60. The van der Waals surface area contributed by atoms with Crippen LogP contribution in [0.15, 0.2) is 23.2 Å². The van der Waals surface area contributed by atoms with E-state index in [0.717, 1.165) is 25.6 Å². The molecule has 20 heavy (non-hydrogen) atoms. The summed E-state index contributed by atoms with van der Waals surface area (Å²) in [6, 6.07) is 3.74. The molecule has 3 rings (SSSR count). The molecule has 1 aromatic heterocycles. The maximum absolute atomic E-state index is 12.1. The summed E-state index contributed by atoms with van der Waals surface area (Å²) < 4.78 is 26.9. The molecular formula is C13H20N4O2S. The lowest BCUT2D eigenvalue weighted by Crippen LogP contribution is -2.31.